The van der Waals surface area contributed by atoms with Crippen LogP contribution in [0.4, 0.5) is 0 Å². The number of ether oxygens (including phenoxy) is 1. The molecule has 0 radical (unpaired) electrons. The van der Waals surface area contributed by atoms with Gasteiger partial charge >= 0.3 is 17.9 Å². The van der Waals surface area contributed by atoms with Gasteiger partial charge in [-0.2, -0.15) is 0 Å². The fraction of sp³-hybridized carbons (Fsp3) is 0.762. The maximum absolute atomic E-state index is 11.9. The molecule has 28 heavy (non-hydrogen) atoms. The van der Waals surface area contributed by atoms with Crippen LogP contribution in [0.3, 0.4) is 0 Å². The minimum Gasteiger partial charge on any atom is -0.481 e. The number of quaternary nitrogens is 1. The number of carboxylic acid groups (broad SMARTS) is 2. The molecule has 7 nitrogen and oxygen atoms in total. The number of carbonyl (C=O) groups excluding carboxylic acids is 1. The zero-order chi connectivity index (χ0) is 21.4. The van der Waals surface area contributed by atoms with Crippen molar-refractivity contribution < 1.29 is 33.8 Å². The number of aliphatic carboxylic acids is 2. The first-order valence-electron chi connectivity index (χ1n) is 10.2. The summed E-state index contributed by atoms with van der Waals surface area (Å²) in [6.07, 6.45) is 11.8. The molecule has 7 heteroatoms. The first-order valence-corrected chi connectivity index (χ1v) is 10.2. The summed E-state index contributed by atoms with van der Waals surface area (Å²) in [6, 6.07) is 0. The Bertz CT molecular complexity index is 496. The molecule has 1 unspecified atom stereocenters. The third-order valence-corrected chi connectivity index (χ3v) is 4.20. The van der Waals surface area contributed by atoms with Crippen LogP contribution in [0.15, 0.2) is 12.2 Å². The Balaban J connectivity index is 3.80. The molecule has 0 saturated heterocycles. The third-order valence-electron chi connectivity index (χ3n) is 4.20. The van der Waals surface area contributed by atoms with Crippen LogP contribution in [0.25, 0.3) is 0 Å². The van der Waals surface area contributed by atoms with Crippen molar-refractivity contribution >= 4 is 17.9 Å². The topological polar surface area (TPSA) is 101 Å². The van der Waals surface area contributed by atoms with E-state index in [0.717, 1.165) is 57.8 Å². The van der Waals surface area contributed by atoms with Gasteiger partial charge in [0.2, 0.25) is 0 Å². The molecule has 162 valence electrons. The van der Waals surface area contributed by atoms with Gasteiger partial charge < -0.3 is 19.4 Å². The third kappa shape index (κ3) is 18.9. The highest BCUT2D eigenvalue weighted by Crippen LogP contribution is 2.11. The van der Waals surface area contributed by atoms with Crippen LogP contribution in [-0.4, -0.2) is 66.4 Å². The van der Waals surface area contributed by atoms with Crippen molar-refractivity contribution in [1.29, 1.82) is 0 Å². The Hall–Kier alpha value is -1.89. The number of hydrogen-bond acceptors (Lipinski definition) is 4. The predicted molar refractivity (Wildman–Crippen MR) is 108 cm³/mol. The van der Waals surface area contributed by atoms with Crippen molar-refractivity contribution in [2.75, 3.05) is 27.7 Å². The Morgan fingerprint density at radius 1 is 0.857 bits per heavy atom. The van der Waals surface area contributed by atoms with E-state index < -0.39 is 24.0 Å². The number of rotatable bonds is 17. The monoisotopic (exact) mass is 400 g/mol. The summed E-state index contributed by atoms with van der Waals surface area (Å²) in [5.74, 6) is -2.18. The summed E-state index contributed by atoms with van der Waals surface area (Å²) in [5.41, 5.74) is 0. The van der Waals surface area contributed by atoms with Gasteiger partial charge in [-0.25, -0.2) is 4.79 Å². The highest BCUT2D eigenvalue weighted by molar-refractivity contribution is 5.82. The summed E-state index contributed by atoms with van der Waals surface area (Å²) in [7, 11) is 5.78. The van der Waals surface area contributed by atoms with Crippen LogP contribution in [0, 0.1) is 0 Å². The zero-order valence-corrected chi connectivity index (χ0v) is 17.7. The molecule has 0 amide bonds. The van der Waals surface area contributed by atoms with Crippen molar-refractivity contribution in [2.45, 2.75) is 76.7 Å². The molecule has 0 aliphatic heterocycles. The first-order chi connectivity index (χ1) is 13.1. The van der Waals surface area contributed by atoms with Gasteiger partial charge in [-0.3, -0.25) is 9.59 Å². The van der Waals surface area contributed by atoms with Gasteiger partial charge in [-0.05, 0) is 19.3 Å². The van der Waals surface area contributed by atoms with Crippen molar-refractivity contribution in [3.8, 4) is 0 Å². The molecule has 0 spiro atoms. The Kier molecular flexibility index (Phi) is 14.1. The summed E-state index contributed by atoms with van der Waals surface area (Å²) in [6.45, 7) is 0.447. The summed E-state index contributed by atoms with van der Waals surface area (Å²) >= 11 is 0. The van der Waals surface area contributed by atoms with Gasteiger partial charge in [-0.15, -0.1) is 0 Å². The highest BCUT2D eigenvalue weighted by atomic mass is 16.5. The van der Waals surface area contributed by atoms with Crippen LogP contribution in [-0.2, 0) is 19.1 Å². The Morgan fingerprint density at radius 2 is 1.39 bits per heavy atom. The van der Waals surface area contributed by atoms with Crippen molar-refractivity contribution in [3.05, 3.63) is 12.2 Å². The van der Waals surface area contributed by atoms with Crippen LogP contribution in [0.2, 0.25) is 0 Å². The van der Waals surface area contributed by atoms with Gasteiger partial charge in [-0.1, -0.05) is 44.6 Å². The number of carboxylic acids is 2. The van der Waals surface area contributed by atoms with E-state index in [4.69, 9.17) is 14.9 Å². The SMILES string of the molecule is C[N+](C)(C)CC(CC(=O)O)OC(=O)/C=C/CCCCCCCCCCC(=O)O. The van der Waals surface area contributed by atoms with Gasteiger partial charge in [0.15, 0.2) is 6.10 Å². The molecule has 0 aromatic rings. The highest BCUT2D eigenvalue weighted by Gasteiger charge is 2.23. The molecule has 2 N–H and O–H groups in total. The molecule has 0 saturated carbocycles. The Morgan fingerprint density at radius 3 is 1.89 bits per heavy atom. The molecule has 0 aromatic heterocycles. The molecule has 0 bridgehead atoms. The molecule has 0 aromatic carbocycles. The standard InChI is InChI=1S/C21H37NO6/c1-22(2,3)17-18(16-20(25)26)28-21(27)15-13-11-9-7-5-4-6-8-10-12-14-19(23)24/h13,15,18H,4-12,14,16-17H2,1-3H3,(H-,23,24,25,26)/p+1/b15-13+. The van der Waals surface area contributed by atoms with E-state index in [-0.39, 0.29) is 12.8 Å². The lowest BCUT2D eigenvalue weighted by Crippen LogP contribution is -2.43. The molecule has 0 aliphatic carbocycles. The number of nitrogens with zero attached hydrogens (tertiary/aromatic N) is 1. The maximum Gasteiger partial charge on any atom is 0.330 e. The first kappa shape index (κ1) is 26.1. The fourth-order valence-corrected chi connectivity index (χ4v) is 2.93. The second kappa shape index (κ2) is 15.1. The van der Waals surface area contributed by atoms with E-state index in [2.05, 4.69) is 0 Å². The predicted octanol–water partition coefficient (Wildman–Crippen LogP) is 3.62. The van der Waals surface area contributed by atoms with Crippen LogP contribution in [0.5, 0.6) is 0 Å². The average molecular weight is 401 g/mol. The largest absolute Gasteiger partial charge is 0.481 e. The fourth-order valence-electron chi connectivity index (χ4n) is 2.93. The minimum atomic E-state index is -0.975. The number of unbranched alkanes of at least 4 members (excludes halogenated alkanes) is 8. The molecular formula is C21H38NO6+. The molecule has 0 heterocycles. The van der Waals surface area contributed by atoms with Gasteiger partial charge in [0, 0.05) is 12.5 Å². The molecular weight excluding hydrogens is 362 g/mol. The molecule has 0 fully saturated rings. The van der Waals surface area contributed by atoms with E-state index in [1.807, 2.05) is 21.1 Å². The van der Waals surface area contributed by atoms with Crippen molar-refractivity contribution in [3.63, 3.8) is 0 Å². The lowest BCUT2D eigenvalue weighted by molar-refractivity contribution is -0.873. The normalized spacial score (nSPS) is 12.8. The van der Waals surface area contributed by atoms with E-state index in [1.165, 1.54) is 6.08 Å². The molecule has 0 rings (SSSR count). The van der Waals surface area contributed by atoms with Crippen molar-refractivity contribution in [2.24, 2.45) is 0 Å². The van der Waals surface area contributed by atoms with Crippen LogP contribution < -0.4 is 0 Å². The van der Waals surface area contributed by atoms with Crippen molar-refractivity contribution in [1.82, 2.24) is 0 Å². The second-order valence-electron chi connectivity index (χ2n) is 8.29. The van der Waals surface area contributed by atoms with Crippen LogP contribution in [0.1, 0.15) is 70.6 Å². The Labute approximate surface area is 169 Å². The number of hydrogen-bond donors (Lipinski definition) is 2. The lowest BCUT2D eigenvalue weighted by atomic mass is 10.1. The second-order valence-corrected chi connectivity index (χ2v) is 8.29. The number of allylic oxidation sites excluding steroid dienone is 1. The summed E-state index contributed by atoms with van der Waals surface area (Å²) in [4.78, 5) is 33.2. The smallest absolute Gasteiger partial charge is 0.330 e. The van der Waals surface area contributed by atoms with Gasteiger partial charge in [0.25, 0.3) is 0 Å². The maximum atomic E-state index is 11.9. The average Bonchev–Trinajstić information content (AvgIpc) is 2.53. The quantitative estimate of drug-likeness (QED) is 0.167. The number of likely N-dealkylation sites (N-methyl/N-ethyl adjacent to an activating group) is 1. The summed E-state index contributed by atoms with van der Waals surface area (Å²) in [5, 5.41) is 17.5. The van der Waals surface area contributed by atoms with Crippen LogP contribution >= 0.6 is 0 Å². The minimum absolute atomic E-state index is 0.189. The number of carbonyl (C=O) groups is 3. The molecule has 0 aliphatic rings. The van der Waals surface area contributed by atoms with E-state index in [0.29, 0.717) is 11.0 Å². The van der Waals surface area contributed by atoms with E-state index in [1.54, 1.807) is 6.08 Å². The molecule has 1 atom stereocenters. The van der Waals surface area contributed by atoms with Gasteiger partial charge in [0.1, 0.15) is 6.54 Å². The lowest BCUT2D eigenvalue weighted by Gasteiger charge is -2.28. The summed E-state index contributed by atoms with van der Waals surface area (Å²) < 4.78 is 5.81. The zero-order valence-electron chi connectivity index (χ0n) is 17.7. The van der Waals surface area contributed by atoms with E-state index in [9.17, 15) is 14.4 Å². The van der Waals surface area contributed by atoms with E-state index >= 15 is 0 Å². The number of esters is 1. The van der Waals surface area contributed by atoms with Gasteiger partial charge in [0.05, 0.1) is 27.6 Å².